The van der Waals surface area contributed by atoms with Crippen molar-refractivity contribution in [1.29, 1.82) is 0 Å². The minimum atomic E-state index is -0.783. The van der Waals surface area contributed by atoms with Crippen LogP contribution in [0.25, 0.3) is 11.2 Å². The lowest BCUT2D eigenvalue weighted by atomic mass is 9.66. The van der Waals surface area contributed by atoms with Crippen molar-refractivity contribution in [2.75, 3.05) is 60.3 Å². The number of rotatable bonds is 10. The highest BCUT2D eigenvalue weighted by atomic mass is 79.9. The third-order valence-electron chi connectivity index (χ3n) is 12.2. The number of esters is 1. The maximum Gasteiger partial charge on any atom is 0.410 e. The van der Waals surface area contributed by atoms with Crippen molar-refractivity contribution in [2.45, 2.75) is 47.9 Å². The van der Waals surface area contributed by atoms with Crippen LogP contribution in [0, 0.1) is 17.8 Å². The summed E-state index contributed by atoms with van der Waals surface area (Å²) in [4.78, 5) is 44.1. The second-order valence-corrected chi connectivity index (χ2v) is 17.2. The van der Waals surface area contributed by atoms with Crippen LogP contribution < -0.4 is 38.9 Å². The predicted octanol–water partition coefficient (Wildman–Crippen LogP) is 6.72. The smallest absolute Gasteiger partial charge is 0.410 e. The summed E-state index contributed by atoms with van der Waals surface area (Å²) in [5, 5.41) is 0.721. The molecule has 5 aliphatic rings. The number of benzene rings is 3. The average molecular weight is 918 g/mol. The van der Waals surface area contributed by atoms with E-state index in [1.165, 1.54) is 25.2 Å². The van der Waals surface area contributed by atoms with Gasteiger partial charge in [-0.05, 0) is 88.6 Å². The molecule has 6 heterocycles. The van der Waals surface area contributed by atoms with Crippen molar-refractivity contribution in [3.8, 4) is 40.2 Å². The van der Waals surface area contributed by atoms with Crippen LogP contribution in [-0.4, -0.2) is 91.1 Å². The quantitative estimate of drug-likeness (QED) is 0.145. The average Bonchev–Trinajstić information content (AvgIpc) is 4.09. The summed E-state index contributed by atoms with van der Waals surface area (Å²) < 4.78 is 54.9. The van der Waals surface area contributed by atoms with Gasteiger partial charge in [0.2, 0.25) is 19.3 Å². The molecule has 61 heavy (non-hydrogen) atoms. The molecule has 2 aromatic heterocycles. The predicted molar refractivity (Wildman–Crippen MR) is 221 cm³/mol. The molecule has 0 spiro atoms. The van der Waals surface area contributed by atoms with Crippen LogP contribution in [0.4, 0.5) is 10.6 Å². The van der Waals surface area contributed by atoms with E-state index in [0.29, 0.717) is 82.8 Å². The van der Waals surface area contributed by atoms with Crippen molar-refractivity contribution in [2.24, 2.45) is 17.8 Å². The van der Waals surface area contributed by atoms with Gasteiger partial charge in [0.25, 0.3) is 0 Å². The lowest BCUT2D eigenvalue weighted by molar-refractivity contribution is -0.141. The molecule has 19 heteroatoms. The standard InChI is InChI=1S/C42H41BrN6O11S/c1-52-30-10-21(11-31(53-2)37(30)54-3)33-22-12-26-27(57-18-56-26)13-23(22)36(24-16-55-40(50)34(24)33)60-42(51)48-7-4-20(5-8-48)6-9-49-39-35(38(44)45-17-46-39)47-41(49)61-32-15-29-28(14-25(32)43)58-19-59-29/h10-15,17,20,24,33-34,36H,4-9,16,18-19H2,1-3H3,(H2,44,45,46)/t24?,33-,34+,36+/m1/s1. The Labute approximate surface area is 362 Å². The van der Waals surface area contributed by atoms with Gasteiger partial charge in [-0.15, -0.1) is 0 Å². The molecule has 0 bridgehead atoms. The number of methoxy groups -OCH3 is 3. The Morgan fingerprint density at radius 2 is 1.56 bits per heavy atom. The summed E-state index contributed by atoms with van der Waals surface area (Å²) in [6.45, 7) is 1.96. The normalized spacial score (nSPS) is 21.2. The fraction of sp³-hybridized carbons (Fsp3) is 0.405. The Balaban J connectivity index is 0.867. The van der Waals surface area contributed by atoms with Gasteiger partial charge in [0, 0.05) is 46.4 Å². The number of aryl methyl sites for hydroxylation is 1. The Morgan fingerprint density at radius 1 is 0.885 bits per heavy atom. The van der Waals surface area contributed by atoms with Crippen molar-refractivity contribution >= 4 is 56.7 Å². The SMILES string of the molecule is COc1cc([C@@H]2c3cc4c(cc3[C@H](OC(=O)N3CCC(CCn5c(Sc6cc7c(cc6Br)OCO7)nc6c(N)ncnc65)CC3)C3COC(=O)[C@@H]32)OCO4)cc(OC)c1OC. The first kappa shape index (κ1) is 39.3. The summed E-state index contributed by atoms with van der Waals surface area (Å²) >= 11 is 5.15. The maximum atomic E-state index is 14.1. The number of amides is 1. The van der Waals surface area contributed by atoms with Crippen LogP contribution in [0.3, 0.4) is 0 Å². The molecule has 5 aromatic rings. The summed E-state index contributed by atoms with van der Waals surface area (Å²) in [5.41, 5.74) is 9.69. The number of cyclic esters (lactones) is 1. The number of hydrogen-bond donors (Lipinski definition) is 1. The molecule has 4 atom stereocenters. The molecule has 1 unspecified atom stereocenters. The molecule has 2 fully saturated rings. The molecule has 4 aliphatic heterocycles. The number of carbonyl (C=O) groups is 2. The highest BCUT2D eigenvalue weighted by Crippen LogP contribution is 2.57. The number of piperidine rings is 1. The largest absolute Gasteiger partial charge is 0.493 e. The first-order chi connectivity index (χ1) is 29.7. The zero-order valence-electron chi connectivity index (χ0n) is 33.4. The van der Waals surface area contributed by atoms with Crippen LogP contribution in [0.2, 0.25) is 0 Å². The number of nitrogens with two attached hydrogens (primary N) is 1. The summed E-state index contributed by atoms with van der Waals surface area (Å²) in [5.74, 6) is 2.36. The van der Waals surface area contributed by atoms with Crippen LogP contribution in [0.1, 0.15) is 48.0 Å². The van der Waals surface area contributed by atoms with E-state index in [0.717, 1.165) is 50.5 Å². The third-order valence-corrected chi connectivity index (χ3v) is 14.2. The third kappa shape index (κ3) is 6.90. The zero-order chi connectivity index (χ0) is 41.9. The molecule has 0 saturated carbocycles. The summed E-state index contributed by atoms with van der Waals surface area (Å²) in [6, 6.07) is 11.2. The number of carbonyl (C=O) groups excluding carboxylic acids is 2. The van der Waals surface area contributed by atoms with E-state index < -0.39 is 30.0 Å². The Kier molecular flexibility index (Phi) is 10.2. The van der Waals surface area contributed by atoms with Crippen LogP contribution in [0.15, 0.2) is 57.3 Å². The van der Waals surface area contributed by atoms with Crippen LogP contribution >= 0.6 is 27.7 Å². The minimum Gasteiger partial charge on any atom is -0.493 e. The van der Waals surface area contributed by atoms with Crippen molar-refractivity contribution in [3.05, 3.63) is 63.9 Å². The maximum absolute atomic E-state index is 14.1. The number of hydrogen-bond acceptors (Lipinski definition) is 16. The van der Waals surface area contributed by atoms with Crippen molar-refractivity contribution < 1.29 is 52.2 Å². The molecular formula is C42H41BrN6O11S. The number of anilines is 1. The Hall–Kier alpha value is -5.82. The molecule has 1 amide bonds. The molecule has 3 aromatic carbocycles. The Bertz CT molecular complexity index is 2540. The highest BCUT2D eigenvalue weighted by molar-refractivity contribution is 9.10. The van der Waals surface area contributed by atoms with Crippen LogP contribution in [0.5, 0.6) is 40.2 Å². The molecule has 10 rings (SSSR count). The van der Waals surface area contributed by atoms with E-state index in [1.54, 1.807) is 19.1 Å². The number of likely N-dealkylation sites (tertiary alicyclic amines) is 1. The van der Waals surface area contributed by atoms with Gasteiger partial charge < -0.3 is 57.8 Å². The first-order valence-corrected chi connectivity index (χ1v) is 21.4. The summed E-state index contributed by atoms with van der Waals surface area (Å²) in [6.07, 6.45) is 2.58. The number of nitrogens with zero attached hydrogens (tertiary/aromatic N) is 5. The fourth-order valence-corrected chi connectivity index (χ4v) is 10.6. The molecule has 2 N–H and O–H groups in total. The minimum absolute atomic E-state index is 0.0536. The van der Waals surface area contributed by atoms with Gasteiger partial charge in [-0.2, -0.15) is 0 Å². The second kappa shape index (κ2) is 15.9. The van der Waals surface area contributed by atoms with Gasteiger partial charge in [0.05, 0.1) is 33.9 Å². The fourth-order valence-electron chi connectivity index (χ4n) is 9.13. The second-order valence-electron chi connectivity index (χ2n) is 15.3. The van der Waals surface area contributed by atoms with Gasteiger partial charge >= 0.3 is 12.1 Å². The molecular weight excluding hydrogens is 876 g/mol. The van der Waals surface area contributed by atoms with E-state index in [4.69, 9.17) is 53.3 Å². The van der Waals surface area contributed by atoms with Gasteiger partial charge in [-0.25, -0.2) is 19.7 Å². The van der Waals surface area contributed by atoms with Gasteiger partial charge in [-0.1, -0.05) is 11.8 Å². The highest BCUT2D eigenvalue weighted by Gasteiger charge is 2.54. The number of aromatic nitrogens is 4. The van der Waals surface area contributed by atoms with Gasteiger partial charge in [-0.3, -0.25) is 4.79 Å². The number of halogens is 1. The van der Waals surface area contributed by atoms with Gasteiger partial charge in [0.15, 0.2) is 56.6 Å². The Morgan fingerprint density at radius 3 is 2.25 bits per heavy atom. The molecule has 318 valence electrons. The number of fused-ring (bicyclic) bond motifs is 5. The number of imidazole rings is 1. The lowest BCUT2D eigenvalue weighted by Gasteiger charge is -2.40. The van der Waals surface area contributed by atoms with Crippen molar-refractivity contribution in [1.82, 2.24) is 24.4 Å². The monoisotopic (exact) mass is 916 g/mol. The van der Waals surface area contributed by atoms with E-state index in [-0.39, 0.29) is 26.2 Å². The van der Waals surface area contributed by atoms with Crippen LogP contribution in [-0.2, 0) is 20.8 Å². The van der Waals surface area contributed by atoms with E-state index in [9.17, 15) is 9.59 Å². The molecule has 0 radical (unpaired) electrons. The first-order valence-electron chi connectivity index (χ1n) is 19.8. The number of ether oxygens (including phenoxy) is 9. The number of nitrogen functional groups attached to an aromatic ring is 1. The van der Waals surface area contributed by atoms with E-state index in [2.05, 4.69) is 30.5 Å². The lowest BCUT2D eigenvalue weighted by Crippen LogP contribution is -2.42. The topological polar surface area (TPSA) is 190 Å². The van der Waals surface area contributed by atoms with Gasteiger partial charge in [0.1, 0.15) is 12.4 Å². The van der Waals surface area contributed by atoms with Crippen molar-refractivity contribution in [3.63, 3.8) is 0 Å². The molecule has 1 aliphatic carbocycles. The zero-order valence-corrected chi connectivity index (χ0v) is 35.8. The van der Waals surface area contributed by atoms with E-state index in [1.807, 2.05) is 36.4 Å². The van der Waals surface area contributed by atoms with E-state index >= 15 is 0 Å². The summed E-state index contributed by atoms with van der Waals surface area (Å²) in [7, 11) is 4.63. The molecule has 17 nitrogen and oxygen atoms in total. The molecule has 2 saturated heterocycles.